The highest BCUT2D eigenvalue weighted by Gasteiger charge is 2.50. The maximum atomic E-state index is 6.86. The topological polar surface area (TPSA) is 18.5 Å². The SMILES string of the molecule is C=C[C@@H](OC)[C@@H](/C=C/C)OB1C2CCCC(CCC2)[C@H]1[Si](C)(C)C. The van der Waals surface area contributed by atoms with Crippen LogP contribution in [-0.2, 0) is 9.39 Å². The maximum Gasteiger partial charge on any atom is 0.297 e. The van der Waals surface area contributed by atoms with E-state index in [9.17, 15) is 0 Å². The first-order chi connectivity index (χ1) is 11.4. The molecule has 4 heteroatoms. The van der Waals surface area contributed by atoms with Crippen LogP contribution in [0.15, 0.2) is 24.8 Å². The molecule has 2 aliphatic heterocycles. The molecule has 2 rings (SSSR count). The number of fused-ring (bicyclic) bond motifs is 3. The molecule has 0 saturated carbocycles. The summed E-state index contributed by atoms with van der Waals surface area (Å²) in [6.45, 7) is 14.0. The molecule has 0 aromatic heterocycles. The zero-order valence-electron chi connectivity index (χ0n) is 16.5. The Morgan fingerprint density at radius 2 is 1.71 bits per heavy atom. The van der Waals surface area contributed by atoms with Gasteiger partial charge in [-0.1, -0.05) is 76.4 Å². The lowest BCUT2D eigenvalue weighted by Crippen LogP contribution is -2.48. The minimum atomic E-state index is -1.30. The maximum absolute atomic E-state index is 6.86. The molecule has 2 nitrogen and oxygen atoms in total. The van der Waals surface area contributed by atoms with E-state index < -0.39 is 8.07 Å². The lowest BCUT2D eigenvalue weighted by Gasteiger charge is -2.40. The highest BCUT2D eigenvalue weighted by molar-refractivity contribution is 6.88. The largest absolute Gasteiger partial charge is 0.427 e. The first-order valence-corrected chi connectivity index (χ1v) is 13.4. The Bertz CT molecular complexity index is 422. The fourth-order valence-corrected chi connectivity index (χ4v) is 8.27. The molecule has 0 amide bonds. The summed E-state index contributed by atoms with van der Waals surface area (Å²) in [5.74, 6) is 1.59. The second kappa shape index (κ2) is 8.86. The highest BCUT2D eigenvalue weighted by atomic mass is 28.3. The van der Waals surface area contributed by atoms with Gasteiger partial charge in [-0.15, -0.1) is 6.58 Å². The van der Waals surface area contributed by atoms with Crippen LogP contribution in [0.4, 0.5) is 0 Å². The monoisotopic (exact) mass is 348 g/mol. The number of hydrogen-bond donors (Lipinski definition) is 0. The summed E-state index contributed by atoms with van der Waals surface area (Å²) in [5.41, 5.74) is 0.766. The number of allylic oxidation sites excluding steroid dienone is 1. The summed E-state index contributed by atoms with van der Waals surface area (Å²) < 4.78 is 12.5. The van der Waals surface area contributed by atoms with Crippen LogP contribution < -0.4 is 0 Å². The average Bonchev–Trinajstić information content (AvgIpc) is 2.76. The van der Waals surface area contributed by atoms with Crippen molar-refractivity contribution in [1.82, 2.24) is 0 Å². The molecule has 2 fully saturated rings. The van der Waals surface area contributed by atoms with E-state index in [-0.39, 0.29) is 12.2 Å². The Morgan fingerprint density at radius 3 is 2.17 bits per heavy atom. The third-order valence-corrected chi connectivity index (χ3v) is 8.95. The van der Waals surface area contributed by atoms with Crippen molar-refractivity contribution in [1.29, 1.82) is 0 Å². The van der Waals surface area contributed by atoms with Crippen molar-refractivity contribution in [3.05, 3.63) is 24.8 Å². The predicted molar refractivity (Wildman–Crippen MR) is 108 cm³/mol. The lowest BCUT2D eigenvalue weighted by atomic mass is 9.50. The lowest BCUT2D eigenvalue weighted by molar-refractivity contribution is 0.0524. The van der Waals surface area contributed by atoms with Crippen LogP contribution in [-0.4, -0.2) is 34.3 Å². The summed E-state index contributed by atoms with van der Waals surface area (Å²) in [4.78, 5) is 0. The molecule has 0 aromatic rings. The van der Waals surface area contributed by atoms with Crippen LogP contribution in [0.1, 0.15) is 45.4 Å². The van der Waals surface area contributed by atoms with Gasteiger partial charge in [-0.25, -0.2) is 0 Å². The van der Waals surface area contributed by atoms with Crippen LogP contribution in [0.25, 0.3) is 0 Å². The molecule has 24 heavy (non-hydrogen) atoms. The van der Waals surface area contributed by atoms with Gasteiger partial charge >= 0.3 is 0 Å². The summed E-state index contributed by atoms with van der Waals surface area (Å²) in [6, 6.07) is 0. The van der Waals surface area contributed by atoms with Crippen molar-refractivity contribution in [3.8, 4) is 0 Å². The summed E-state index contributed by atoms with van der Waals surface area (Å²) in [6.07, 6.45) is 14.3. The van der Waals surface area contributed by atoms with Crippen molar-refractivity contribution in [2.45, 2.75) is 88.6 Å². The number of hydrogen-bond acceptors (Lipinski definition) is 2. The molecule has 2 saturated heterocycles. The van der Waals surface area contributed by atoms with Crippen molar-refractivity contribution < 1.29 is 9.39 Å². The fraction of sp³-hybridized carbons (Fsp3) is 0.800. The van der Waals surface area contributed by atoms with Gasteiger partial charge in [0.25, 0.3) is 6.92 Å². The van der Waals surface area contributed by atoms with Crippen LogP contribution in [0.5, 0.6) is 0 Å². The molecule has 2 aliphatic rings. The fourth-order valence-electron chi connectivity index (χ4n) is 5.19. The smallest absolute Gasteiger partial charge is 0.297 e. The van der Waals surface area contributed by atoms with Gasteiger partial charge in [0.1, 0.15) is 6.10 Å². The van der Waals surface area contributed by atoms with Gasteiger partial charge in [0, 0.05) is 15.2 Å². The minimum absolute atomic E-state index is 0.0132. The van der Waals surface area contributed by atoms with Crippen molar-refractivity contribution >= 4 is 15.0 Å². The second-order valence-electron chi connectivity index (χ2n) is 8.80. The Hall–Kier alpha value is -0.318. The predicted octanol–water partition coefficient (Wildman–Crippen LogP) is 5.74. The van der Waals surface area contributed by atoms with E-state index in [0.29, 0.717) is 6.92 Å². The molecule has 0 radical (unpaired) electrons. The summed E-state index contributed by atoms with van der Waals surface area (Å²) in [7, 11) is 0.459. The van der Waals surface area contributed by atoms with Crippen LogP contribution in [0.2, 0.25) is 30.9 Å². The van der Waals surface area contributed by atoms with Crippen molar-refractivity contribution in [3.63, 3.8) is 0 Å². The number of ether oxygens (including phenoxy) is 1. The van der Waals surface area contributed by atoms with E-state index in [4.69, 9.17) is 9.39 Å². The van der Waals surface area contributed by atoms with E-state index in [0.717, 1.165) is 17.2 Å². The molecule has 0 unspecified atom stereocenters. The second-order valence-corrected chi connectivity index (χ2v) is 14.2. The first-order valence-electron chi connectivity index (χ1n) is 9.86. The summed E-state index contributed by atoms with van der Waals surface area (Å²) in [5, 5.41) is 0. The minimum Gasteiger partial charge on any atom is -0.427 e. The van der Waals surface area contributed by atoms with Crippen molar-refractivity contribution in [2.75, 3.05) is 7.11 Å². The van der Waals surface area contributed by atoms with E-state index in [1.165, 1.54) is 38.5 Å². The van der Waals surface area contributed by atoms with Gasteiger partial charge in [-0.2, -0.15) is 0 Å². The van der Waals surface area contributed by atoms with Gasteiger partial charge < -0.3 is 9.39 Å². The molecule has 136 valence electrons. The van der Waals surface area contributed by atoms with Gasteiger partial charge in [-0.3, -0.25) is 0 Å². The van der Waals surface area contributed by atoms with E-state index in [1.54, 1.807) is 7.11 Å². The highest BCUT2D eigenvalue weighted by Crippen LogP contribution is 2.50. The molecular weight excluding hydrogens is 311 g/mol. The third-order valence-electron chi connectivity index (χ3n) is 6.15. The number of methoxy groups -OCH3 is 1. The molecule has 0 aliphatic carbocycles. The molecule has 0 spiro atoms. The molecular formula is C20H37BO2Si. The van der Waals surface area contributed by atoms with E-state index >= 15 is 0 Å². The average molecular weight is 348 g/mol. The Labute approximate surface area is 151 Å². The van der Waals surface area contributed by atoms with Crippen LogP contribution in [0, 0.1) is 5.92 Å². The van der Waals surface area contributed by atoms with Crippen LogP contribution >= 0.6 is 0 Å². The normalized spacial score (nSPS) is 30.9. The van der Waals surface area contributed by atoms with Gasteiger partial charge in [0.2, 0.25) is 0 Å². The molecule has 0 aromatic carbocycles. The third kappa shape index (κ3) is 4.65. The molecule has 2 bridgehead atoms. The zero-order chi connectivity index (χ0) is 17.7. The Kier molecular flexibility index (Phi) is 7.39. The first kappa shape index (κ1) is 20.0. The van der Waals surface area contributed by atoms with Gasteiger partial charge in [-0.05, 0) is 24.1 Å². The van der Waals surface area contributed by atoms with Gasteiger partial charge in [0.15, 0.2) is 0 Å². The van der Waals surface area contributed by atoms with E-state index in [2.05, 4.69) is 45.3 Å². The summed E-state index contributed by atoms with van der Waals surface area (Å²) >= 11 is 0. The van der Waals surface area contributed by atoms with Gasteiger partial charge in [0.05, 0.1) is 6.10 Å². The Morgan fingerprint density at radius 1 is 1.08 bits per heavy atom. The standard InChI is InChI=1S/C20H37BO2Si/c1-7-11-19(18(8-2)22-3)23-21-17-14-9-12-16(13-10-15-17)20(21)24(4,5)6/h7-8,11,16-20H,2,9-10,12-15H2,1,3-6H3/b11-7+/t16?,17?,18-,19-,20-/m1/s1. The molecule has 2 heterocycles. The molecule has 0 N–H and O–H groups in total. The number of rotatable bonds is 7. The quantitative estimate of drug-likeness (QED) is 0.431. The van der Waals surface area contributed by atoms with E-state index in [1.807, 2.05) is 6.08 Å². The Balaban J connectivity index is 2.32. The van der Waals surface area contributed by atoms with Crippen LogP contribution in [0.3, 0.4) is 0 Å². The molecule has 3 atom stereocenters. The zero-order valence-corrected chi connectivity index (χ0v) is 17.5. The van der Waals surface area contributed by atoms with Crippen molar-refractivity contribution in [2.24, 2.45) is 5.92 Å².